The molecule has 14 heavy (non-hydrogen) atoms. The number of hydrogen-bond donors (Lipinski definition) is 0. The van der Waals surface area contributed by atoms with Gasteiger partial charge in [0.25, 0.3) is 12.4 Å². The fourth-order valence-electron chi connectivity index (χ4n) is 1.04. The van der Waals surface area contributed by atoms with Gasteiger partial charge in [-0.05, 0) is 35.5 Å². The first kappa shape index (κ1) is 11.4. The van der Waals surface area contributed by atoms with E-state index in [0.717, 1.165) is 5.75 Å². The van der Waals surface area contributed by atoms with Gasteiger partial charge in [-0.2, -0.15) is 0 Å². The first-order chi connectivity index (χ1) is 6.72. The van der Waals surface area contributed by atoms with Crippen LogP contribution in [0, 0.1) is 0 Å². The van der Waals surface area contributed by atoms with Crippen LogP contribution in [0.3, 0.4) is 0 Å². The van der Waals surface area contributed by atoms with Crippen LogP contribution in [0.4, 0.5) is 0 Å². The lowest BCUT2D eigenvalue weighted by molar-refractivity contribution is 0.415. The van der Waals surface area contributed by atoms with E-state index in [1.54, 1.807) is 7.11 Å². The molecule has 1 saturated heterocycles. The molecule has 1 fully saturated rings. The van der Waals surface area contributed by atoms with E-state index >= 15 is 0 Å². The summed E-state index contributed by atoms with van der Waals surface area (Å²) in [6, 6.07) is 8.20. The largest absolute Gasteiger partial charge is 0.497 e. The van der Waals surface area contributed by atoms with Gasteiger partial charge in [-0.1, -0.05) is 0 Å². The van der Waals surface area contributed by atoms with Crippen LogP contribution in [0.15, 0.2) is 24.3 Å². The summed E-state index contributed by atoms with van der Waals surface area (Å²) in [5.74, 6) is 0.898. The SMILES string of the molecule is COc1ccc(P2[P+](=S)SS2=S)cc1. The van der Waals surface area contributed by atoms with E-state index in [2.05, 4.69) is 12.1 Å². The summed E-state index contributed by atoms with van der Waals surface area (Å²) in [6.07, 6.45) is 0. The highest BCUT2D eigenvalue weighted by atomic mass is 33.8. The monoisotopic (exact) mass is 297 g/mol. The predicted molar refractivity (Wildman–Crippen MR) is 76.2 cm³/mol. The Bertz CT molecular complexity index is 377. The van der Waals surface area contributed by atoms with E-state index in [-0.39, 0.29) is 20.5 Å². The van der Waals surface area contributed by atoms with E-state index in [0.29, 0.717) is 0 Å². The second-order valence-electron chi connectivity index (χ2n) is 2.50. The highest BCUT2D eigenvalue weighted by Gasteiger charge is 2.47. The molecular weight excluding hydrogens is 290 g/mol. The van der Waals surface area contributed by atoms with Crippen molar-refractivity contribution in [3.8, 4) is 5.75 Å². The van der Waals surface area contributed by atoms with Crippen LogP contribution in [0.1, 0.15) is 0 Å². The minimum atomic E-state index is -0.278. The van der Waals surface area contributed by atoms with Gasteiger partial charge in [-0.25, -0.2) is 0 Å². The van der Waals surface area contributed by atoms with E-state index in [4.69, 9.17) is 27.7 Å². The summed E-state index contributed by atoms with van der Waals surface area (Å²) >= 11 is 10.7. The van der Waals surface area contributed by atoms with Crippen LogP contribution >= 0.6 is 22.8 Å². The average Bonchev–Trinajstić information content (AvgIpc) is 2.18. The Morgan fingerprint density at radius 3 is 2.50 bits per heavy atom. The van der Waals surface area contributed by atoms with Gasteiger partial charge in [0.1, 0.15) is 5.75 Å². The van der Waals surface area contributed by atoms with Crippen molar-refractivity contribution in [2.24, 2.45) is 0 Å². The van der Waals surface area contributed by atoms with E-state index in [1.807, 2.05) is 22.5 Å². The first-order valence-electron chi connectivity index (χ1n) is 3.74. The van der Waals surface area contributed by atoms with Gasteiger partial charge in [-0.3, -0.25) is 0 Å². The standard InChI is InChI=1S/C7H7OP2S4/c1-8-6-2-4-7(5-3-6)9-10(11)13-14(9)12/h2-5H,1H3/q+1. The van der Waals surface area contributed by atoms with Gasteiger partial charge in [0.15, 0.2) is 22.2 Å². The Morgan fingerprint density at radius 1 is 1.43 bits per heavy atom. The van der Waals surface area contributed by atoms with Crippen molar-refractivity contribution in [2.75, 3.05) is 7.11 Å². The van der Waals surface area contributed by atoms with Crippen molar-refractivity contribution < 1.29 is 4.74 Å². The average molecular weight is 297 g/mol. The molecule has 1 aliphatic heterocycles. The maximum atomic E-state index is 5.37. The Hall–Kier alpha value is 0.890. The quantitative estimate of drug-likeness (QED) is 0.612. The molecule has 1 aromatic rings. The van der Waals surface area contributed by atoms with Gasteiger partial charge >= 0.3 is 0 Å². The van der Waals surface area contributed by atoms with Crippen LogP contribution < -0.4 is 10.0 Å². The third kappa shape index (κ3) is 2.18. The van der Waals surface area contributed by atoms with Crippen LogP contribution in [0.2, 0.25) is 0 Å². The number of ether oxygens (including phenoxy) is 1. The molecule has 7 heteroatoms. The van der Waals surface area contributed by atoms with Crippen molar-refractivity contribution in [1.29, 1.82) is 0 Å². The maximum absolute atomic E-state index is 5.37. The third-order valence-corrected chi connectivity index (χ3v) is 28.7. The van der Waals surface area contributed by atoms with Crippen molar-refractivity contribution in [1.82, 2.24) is 0 Å². The fourth-order valence-corrected chi connectivity index (χ4v) is 31.7. The van der Waals surface area contributed by atoms with Crippen molar-refractivity contribution in [2.45, 2.75) is 0 Å². The smallest absolute Gasteiger partial charge is 0.292 e. The zero-order valence-corrected chi connectivity index (χ0v) is 12.3. The van der Waals surface area contributed by atoms with Gasteiger partial charge in [0, 0.05) is 5.30 Å². The predicted octanol–water partition coefficient (Wildman–Crippen LogP) is 3.23. The molecule has 0 radical (unpaired) electrons. The summed E-state index contributed by atoms with van der Waals surface area (Å²) in [5, 5.41) is 1.35. The molecular formula is C7H7OP2S4+. The molecule has 1 aliphatic rings. The molecule has 0 saturated carbocycles. The molecule has 1 aromatic carbocycles. The lowest BCUT2D eigenvalue weighted by Gasteiger charge is -2.14. The number of hydrogen-bond acceptors (Lipinski definition) is 4. The number of methoxy groups -OCH3 is 1. The zero-order chi connectivity index (χ0) is 10.1. The second kappa shape index (κ2) is 4.82. The summed E-state index contributed by atoms with van der Waals surface area (Å²) in [4.78, 5) is 0. The molecule has 0 aromatic heterocycles. The normalized spacial score (nSPS) is 28.2. The van der Waals surface area contributed by atoms with Gasteiger partial charge in [0.2, 0.25) is 0 Å². The summed E-state index contributed by atoms with van der Waals surface area (Å²) in [7, 11) is 3.57. The molecule has 3 atom stereocenters. The highest BCUT2D eigenvalue weighted by molar-refractivity contribution is 9.40. The van der Waals surface area contributed by atoms with Gasteiger partial charge in [-0.15, -0.1) is 0 Å². The molecule has 74 valence electrons. The Labute approximate surface area is 101 Å². The summed E-state index contributed by atoms with van der Waals surface area (Å²) < 4.78 is 5.11. The maximum Gasteiger partial charge on any atom is 0.292 e. The van der Waals surface area contributed by atoms with Gasteiger partial charge in [0.05, 0.1) is 15.2 Å². The molecule has 0 amide bonds. The Kier molecular flexibility index (Phi) is 3.91. The van der Waals surface area contributed by atoms with Crippen molar-refractivity contribution in [3.05, 3.63) is 24.3 Å². The van der Waals surface area contributed by atoms with Gasteiger partial charge < -0.3 is 4.74 Å². The zero-order valence-electron chi connectivity index (χ0n) is 7.25. The van der Waals surface area contributed by atoms with E-state index in [9.17, 15) is 0 Å². The minimum absolute atomic E-state index is 0.0792. The van der Waals surface area contributed by atoms with Crippen LogP contribution in [-0.4, -0.2) is 7.11 Å². The summed E-state index contributed by atoms with van der Waals surface area (Å²) in [5.41, 5.74) is -0.278. The van der Waals surface area contributed by atoms with Crippen molar-refractivity contribution in [3.63, 3.8) is 0 Å². The second-order valence-corrected chi connectivity index (χ2v) is 20.4. The molecule has 0 aliphatic carbocycles. The summed E-state index contributed by atoms with van der Waals surface area (Å²) in [6.45, 7) is -0.203. The minimum Gasteiger partial charge on any atom is -0.497 e. The highest BCUT2D eigenvalue weighted by Crippen LogP contribution is 2.84. The van der Waals surface area contributed by atoms with E-state index < -0.39 is 0 Å². The van der Waals surface area contributed by atoms with Crippen molar-refractivity contribution >= 4 is 59.2 Å². The Balaban J connectivity index is 2.25. The van der Waals surface area contributed by atoms with E-state index in [1.165, 1.54) is 5.30 Å². The Morgan fingerprint density at radius 2 is 2.07 bits per heavy atom. The molecule has 1 heterocycles. The molecule has 1 nitrogen and oxygen atoms in total. The lowest BCUT2D eigenvalue weighted by atomic mass is 10.3. The molecule has 0 bridgehead atoms. The molecule has 2 rings (SSSR count). The molecule has 0 spiro atoms. The van der Waals surface area contributed by atoms with Crippen LogP contribution in [0.25, 0.3) is 0 Å². The number of benzene rings is 1. The lowest BCUT2D eigenvalue weighted by Crippen LogP contribution is -2.03. The molecule has 0 N–H and O–H groups in total. The molecule has 3 unspecified atom stereocenters. The number of rotatable bonds is 2. The first-order valence-corrected chi connectivity index (χ1v) is 12.8. The topological polar surface area (TPSA) is 9.23 Å². The van der Waals surface area contributed by atoms with Crippen LogP contribution in [0.5, 0.6) is 5.75 Å². The third-order valence-electron chi connectivity index (χ3n) is 1.71. The van der Waals surface area contributed by atoms with Crippen LogP contribution in [-0.2, 0) is 31.1 Å². The fraction of sp³-hybridized carbons (Fsp3) is 0.143.